The second kappa shape index (κ2) is 4.28. The zero-order valence-corrected chi connectivity index (χ0v) is 9.43. The van der Waals surface area contributed by atoms with Crippen molar-refractivity contribution in [1.82, 2.24) is 0 Å². The zero-order chi connectivity index (χ0) is 10.0. The Morgan fingerprint density at radius 1 is 1.31 bits per heavy atom. The molecule has 0 aromatic rings. The van der Waals surface area contributed by atoms with Gasteiger partial charge in [0.25, 0.3) is 0 Å². The molecule has 2 N–H and O–H groups in total. The van der Waals surface area contributed by atoms with E-state index in [1.807, 2.05) is 0 Å². The van der Waals surface area contributed by atoms with Crippen molar-refractivity contribution in [3.63, 3.8) is 0 Å². The monoisotopic (exact) mass is 181 g/mol. The van der Waals surface area contributed by atoms with Crippen LogP contribution in [0, 0.1) is 11.8 Å². The summed E-state index contributed by atoms with van der Waals surface area (Å²) in [6, 6.07) is 0.243. The second-order valence-corrected chi connectivity index (χ2v) is 4.93. The average Bonchev–Trinajstić information content (AvgIpc) is 2.01. The molecule has 0 heterocycles. The highest BCUT2D eigenvalue weighted by atomic mass is 14.6. The molecule has 3 atom stereocenters. The summed E-state index contributed by atoms with van der Waals surface area (Å²) in [5.41, 5.74) is 8.96. The maximum absolute atomic E-state index is 5.90. The van der Waals surface area contributed by atoms with Crippen LogP contribution in [-0.2, 0) is 0 Å². The number of nitrogens with two attached hydrogens (primary N) is 1. The van der Waals surface area contributed by atoms with Gasteiger partial charge in [0.05, 0.1) is 0 Å². The summed E-state index contributed by atoms with van der Waals surface area (Å²) in [6.07, 6.45) is 3.94. The van der Waals surface area contributed by atoms with E-state index in [1.54, 1.807) is 5.57 Å². The van der Waals surface area contributed by atoms with E-state index in [0.29, 0.717) is 0 Å². The number of hydrogen-bond acceptors (Lipinski definition) is 1. The van der Waals surface area contributed by atoms with Gasteiger partial charge in [-0.25, -0.2) is 0 Å². The summed E-state index contributed by atoms with van der Waals surface area (Å²) in [5.74, 6) is 1.71. The first-order valence-corrected chi connectivity index (χ1v) is 5.44. The van der Waals surface area contributed by atoms with E-state index >= 15 is 0 Å². The molecule has 1 aliphatic rings. The molecule has 0 spiro atoms. The molecule has 1 aliphatic carbocycles. The van der Waals surface area contributed by atoms with E-state index < -0.39 is 0 Å². The van der Waals surface area contributed by atoms with Crippen molar-refractivity contribution in [2.24, 2.45) is 17.6 Å². The van der Waals surface area contributed by atoms with Gasteiger partial charge in [0.15, 0.2) is 0 Å². The molecule has 1 heteroatoms. The Kier molecular flexibility index (Phi) is 3.55. The molecule has 1 fully saturated rings. The van der Waals surface area contributed by atoms with Gasteiger partial charge in [-0.15, -0.1) is 0 Å². The molecular weight excluding hydrogens is 158 g/mol. The highest BCUT2D eigenvalue weighted by Crippen LogP contribution is 2.34. The smallest absolute Gasteiger partial charge is 0.0224 e. The van der Waals surface area contributed by atoms with Crippen LogP contribution in [0.4, 0.5) is 0 Å². The van der Waals surface area contributed by atoms with Crippen molar-refractivity contribution in [2.75, 3.05) is 0 Å². The summed E-state index contributed by atoms with van der Waals surface area (Å²) in [7, 11) is 0. The topological polar surface area (TPSA) is 26.0 Å². The molecule has 0 saturated heterocycles. The van der Waals surface area contributed by atoms with Crippen molar-refractivity contribution in [1.29, 1.82) is 0 Å². The Labute approximate surface area is 82.4 Å². The average molecular weight is 181 g/mol. The molecule has 0 aromatic carbocycles. The predicted molar refractivity (Wildman–Crippen MR) is 58.5 cm³/mol. The van der Waals surface area contributed by atoms with Crippen LogP contribution in [0.3, 0.4) is 0 Å². The predicted octanol–water partition coefficient (Wildman–Crippen LogP) is 3.11. The van der Waals surface area contributed by atoms with Gasteiger partial charge in [-0.3, -0.25) is 0 Å². The van der Waals surface area contributed by atoms with Crippen LogP contribution in [0.2, 0.25) is 0 Å². The summed E-state index contributed by atoms with van der Waals surface area (Å²) in [5, 5.41) is 0. The van der Waals surface area contributed by atoms with Crippen molar-refractivity contribution >= 4 is 0 Å². The van der Waals surface area contributed by atoms with Crippen molar-refractivity contribution in [3.05, 3.63) is 11.1 Å². The Bertz CT molecular complexity index is 191. The maximum Gasteiger partial charge on any atom is 0.0224 e. The standard InChI is InChI=1S/C12H23N/c1-8-5-9(2)7-12(6-8)10(3)11(4)13/h8-9,11H,5-7,13H2,1-4H3. The first kappa shape index (κ1) is 10.8. The zero-order valence-electron chi connectivity index (χ0n) is 9.43. The number of hydrogen-bond donors (Lipinski definition) is 1. The van der Waals surface area contributed by atoms with Gasteiger partial charge in [-0.05, 0) is 44.9 Å². The molecule has 1 rings (SSSR count). The highest BCUT2D eigenvalue weighted by Gasteiger charge is 2.20. The van der Waals surface area contributed by atoms with Gasteiger partial charge in [-0.1, -0.05) is 25.0 Å². The van der Waals surface area contributed by atoms with Crippen LogP contribution in [0.25, 0.3) is 0 Å². The van der Waals surface area contributed by atoms with Gasteiger partial charge in [0.2, 0.25) is 0 Å². The van der Waals surface area contributed by atoms with Crippen LogP contribution in [0.1, 0.15) is 47.0 Å². The van der Waals surface area contributed by atoms with Crippen LogP contribution >= 0.6 is 0 Å². The Morgan fingerprint density at radius 3 is 2.15 bits per heavy atom. The number of allylic oxidation sites excluding steroid dienone is 1. The Hall–Kier alpha value is -0.300. The SMILES string of the molecule is CC(=C1CC(C)CC(C)C1)C(C)N. The Balaban J connectivity index is 2.74. The summed E-state index contributed by atoms with van der Waals surface area (Å²) >= 11 is 0. The fourth-order valence-electron chi connectivity index (χ4n) is 2.42. The molecule has 3 unspecified atom stereocenters. The lowest BCUT2D eigenvalue weighted by Gasteiger charge is -2.29. The van der Waals surface area contributed by atoms with Gasteiger partial charge >= 0.3 is 0 Å². The van der Waals surface area contributed by atoms with Gasteiger partial charge in [0, 0.05) is 6.04 Å². The van der Waals surface area contributed by atoms with Crippen LogP contribution < -0.4 is 5.73 Å². The van der Waals surface area contributed by atoms with Crippen LogP contribution in [0.5, 0.6) is 0 Å². The normalized spacial score (nSPS) is 31.6. The first-order valence-electron chi connectivity index (χ1n) is 5.44. The summed E-state index contributed by atoms with van der Waals surface area (Å²) in [6.45, 7) is 8.99. The quantitative estimate of drug-likeness (QED) is 0.618. The van der Waals surface area contributed by atoms with Gasteiger partial charge < -0.3 is 5.73 Å². The number of rotatable bonds is 1. The van der Waals surface area contributed by atoms with E-state index in [4.69, 9.17) is 5.73 Å². The third kappa shape index (κ3) is 2.84. The fraction of sp³-hybridized carbons (Fsp3) is 0.833. The van der Waals surface area contributed by atoms with E-state index in [2.05, 4.69) is 27.7 Å². The first-order chi connectivity index (χ1) is 6.00. The van der Waals surface area contributed by atoms with E-state index in [-0.39, 0.29) is 6.04 Å². The van der Waals surface area contributed by atoms with E-state index in [9.17, 15) is 0 Å². The lowest BCUT2D eigenvalue weighted by Crippen LogP contribution is -2.21. The highest BCUT2D eigenvalue weighted by molar-refractivity contribution is 5.19. The molecule has 1 saturated carbocycles. The molecule has 13 heavy (non-hydrogen) atoms. The summed E-state index contributed by atoms with van der Waals surface area (Å²) in [4.78, 5) is 0. The molecule has 76 valence electrons. The van der Waals surface area contributed by atoms with Crippen molar-refractivity contribution in [2.45, 2.75) is 53.0 Å². The molecule has 0 aliphatic heterocycles. The van der Waals surface area contributed by atoms with Gasteiger partial charge in [-0.2, -0.15) is 0 Å². The third-order valence-electron chi connectivity index (χ3n) is 3.24. The Morgan fingerprint density at radius 2 is 1.77 bits per heavy atom. The third-order valence-corrected chi connectivity index (χ3v) is 3.24. The fourth-order valence-corrected chi connectivity index (χ4v) is 2.42. The van der Waals surface area contributed by atoms with Crippen LogP contribution in [0.15, 0.2) is 11.1 Å². The summed E-state index contributed by atoms with van der Waals surface area (Å²) < 4.78 is 0. The minimum Gasteiger partial charge on any atom is -0.324 e. The molecule has 0 radical (unpaired) electrons. The lowest BCUT2D eigenvalue weighted by molar-refractivity contribution is 0.355. The minimum absolute atomic E-state index is 0.243. The minimum atomic E-state index is 0.243. The molecule has 0 amide bonds. The second-order valence-electron chi connectivity index (χ2n) is 4.93. The molecule has 0 bridgehead atoms. The largest absolute Gasteiger partial charge is 0.324 e. The lowest BCUT2D eigenvalue weighted by atomic mass is 9.78. The maximum atomic E-state index is 5.90. The molecular formula is C12H23N. The molecule has 0 aromatic heterocycles. The van der Waals surface area contributed by atoms with Crippen molar-refractivity contribution < 1.29 is 0 Å². The van der Waals surface area contributed by atoms with E-state index in [1.165, 1.54) is 24.8 Å². The molecule has 1 nitrogen and oxygen atoms in total. The van der Waals surface area contributed by atoms with Crippen molar-refractivity contribution in [3.8, 4) is 0 Å². The van der Waals surface area contributed by atoms with Gasteiger partial charge in [0.1, 0.15) is 0 Å². The van der Waals surface area contributed by atoms with Crippen LogP contribution in [-0.4, -0.2) is 6.04 Å². The van der Waals surface area contributed by atoms with E-state index in [0.717, 1.165) is 11.8 Å².